The summed E-state index contributed by atoms with van der Waals surface area (Å²) in [5.41, 5.74) is 2.05. The van der Waals surface area contributed by atoms with Crippen LogP contribution in [0, 0.1) is 5.82 Å². The van der Waals surface area contributed by atoms with Crippen LogP contribution < -0.4 is 5.32 Å². The lowest BCUT2D eigenvalue weighted by Gasteiger charge is -2.13. The average molecular weight is 338 g/mol. The van der Waals surface area contributed by atoms with Gasteiger partial charge in [-0.2, -0.15) is 0 Å². The van der Waals surface area contributed by atoms with Crippen molar-refractivity contribution < 1.29 is 13.6 Å². The molecule has 5 heteroatoms. The molecule has 1 heterocycles. The molecule has 0 aliphatic rings. The number of aromatic nitrogens is 1. The quantitative estimate of drug-likeness (QED) is 0.732. The number of hydrogen-bond acceptors (Lipinski definition) is 3. The fourth-order valence-electron chi connectivity index (χ4n) is 2.61. The Morgan fingerprint density at radius 3 is 2.60 bits per heavy atom. The smallest absolute Gasteiger partial charge is 0.274 e. The molecule has 3 rings (SSSR count). The summed E-state index contributed by atoms with van der Waals surface area (Å²) >= 11 is 0. The zero-order valence-electron chi connectivity index (χ0n) is 13.9. The SMILES string of the molecule is C[C@H](CCc1ccccc1)NC(=O)c1ncoc1-c1ccc(F)cc1. The minimum atomic E-state index is -0.344. The maximum atomic E-state index is 13.1. The second-order valence-electron chi connectivity index (χ2n) is 5.94. The molecule has 2 aromatic carbocycles. The van der Waals surface area contributed by atoms with Gasteiger partial charge in [0.15, 0.2) is 17.8 Å². The Kier molecular flexibility index (Phi) is 5.23. The molecule has 1 N–H and O–H groups in total. The summed E-state index contributed by atoms with van der Waals surface area (Å²) in [6, 6.07) is 15.9. The van der Waals surface area contributed by atoms with Gasteiger partial charge in [0.05, 0.1) is 0 Å². The molecule has 4 nitrogen and oxygen atoms in total. The zero-order valence-corrected chi connectivity index (χ0v) is 13.9. The van der Waals surface area contributed by atoms with Crippen LogP contribution in [0.2, 0.25) is 0 Å². The number of hydrogen-bond donors (Lipinski definition) is 1. The first-order valence-electron chi connectivity index (χ1n) is 8.17. The van der Waals surface area contributed by atoms with Gasteiger partial charge < -0.3 is 9.73 Å². The van der Waals surface area contributed by atoms with Crippen LogP contribution in [0.5, 0.6) is 0 Å². The molecule has 25 heavy (non-hydrogen) atoms. The molecule has 3 aromatic rings. The second-order valence-corrected chi connectivity index (χ2v) is 5.94. The lowest BCUT2D eigenvalue weighted by atomic mass is 10.1. The van der Waals surface area contributed by atoms with Gasteiger partial charge in [0.25, 0.3) is 5.91 Å². The number of halogens is 1. The Morgan fingerprint density at radius 1 is 1.16 bits per heavy atom. The van der Waals surface area contributed by atoms with E-state index < -0.39 is 0 Å². The van der Waals surface area contributed by atoms with Crippen LogP contribution in [0.1, 0.15) is 29.4 Å². The molecular weight excluding hydrogens is 319 g/mol. The van der Waals surface area contributed by atoms with Gasteiger partial charge in [0, 0.05) is 11.6 Å². The topological polar surface area (TPSA) is 55.1 Å². The van der Waals surface area contributed by atoms with Crippen molar-refractivity contribution in [3.05, 3.63) is 78.1 Å². The van der Waals surface area contributed by atoms with Crippen molar-refractivity contribution >= 4 is 5.91 Å². The lowest BCUT2D eigenvalue weighted by Crippen LogP contribution is -2.33. The van der Waals surface area contributed by atoms with Gasteiger partial charge in [-0.3, -0.25) is 4.79 Å². The van der Waals surface area contributed by atoms with Crippen LogP contribution in [0.25, 0.3) is 11.3 Å². The van der Waals surface area contributed by atoms with Gasteiger partial charge in [0.1, 0.15) is 5.82 Å². The first-order chi connectivity index (χ1) is 12.1. The number of amides is 1. The van der Waals surface area contributed by atoms with Crippen molar-refractivity contribution in [2.75, 3.05) is 0 Å². The molecule has 1 aromatic heterocycles. The Balaban J connectivity index is 1.63. The van der Waals surface area contributed by atoms with Gasteiger partial charge in [-0.05, 0) is 49.6 Å². The highest BCUT2D eigenvalue weighted by molar-refractivity contribution is 5.97. The largest absolute Gasteiger partial charge is 0.443 e. The number of rotatable bonds is 6. The fourth-order valence-corrected chi connectivity index (χ4v) is 2.61. The van der Waals surface area contributed by atoms with Crippen LogP contribution in [0.3, 0.4) is 0 Å². The number of carbonyl (C=O) groups excluding carboxylic acids is 1. The van der Waals surface area contributed by atoms with Crippen LogP contribution in [-0.2, 0) is 6.42 Å². The van der Waals surface area contributed by atoms with E-state index in [0.717, 1.165) is 12.8 Å². The minimum Gasteiger partial charge on any atom is -0.443 e. The molecular formula is C20H19FN2O2. The molecule has 0 fully saturated rings. The summed E-state index contributed by atoms with van der Waals surface area (Å²) in [5, 5.41) is 2.94. The van der Waals surface area contributed by atoms with E-state index in [0.29, 0.717) is 11.3 Å². The van der Waals surface area contributed by atoms with E-state index in [2.05, 4.69) is 22.4 Å². The zero-order chi connectivity index (χ0) is 17.6. The summed E-state index contributed by atoms with van der Waals surface area (Å²) in [7, 11) is 0. The number of aryl methyl sites for hydroxylation is 1. The van der Waals surface area contributed by atoms with Crippen LogP contribution in [-0.4, -0.2) is 16.9 Å². The molecule has 0 bridgehead atoms. The van der Waals surface area contributed by atoms with Crippen molar-refractivity contribution in [1.82, 2.24) is 10.3 Å². The van der Waals surface area contributed by atoms with Gasteiger partial charge in [-0.25, -0.2) is 9.37 Å². The lowest BCUT2D eigenvalue weighted by molar-refractivity contribution is 0.0934. The average Bonchev–Trinajstić information content (AvgIpc) is 3.11. The summed E-state index contributed by atoms with van der Waals surface area (Å²) in [5.74, 6) is -0.301. The maximum Gasteiger partial charge on any atom is 0.274 e. The number of carbonyl (C=O) groups is 1. The van der Waals surface area contributed by atoms with Crippen LogP contribution in [0.15, 0.2) is 65.4 Å². The molecule has 0 aliphatic heterocycles. The summed E-state index contributed by atoms with van der Waals surface area (Å²) in [4.78, 5) is 16.5. The van der Waals surface area contributed by atoms with Gasteiger partial charge in [0.2, 0.25) is 0 Å². The molecule has 128 valence electrons. The first-order valence-corrected chi connectivity index (χ1v) is 8.17. The second kappa shape index (κ2) is 7.75. The third-order valence-corrected chi connectivity index (χ3v) is 3.98. The van der Waals surface area contributed by atoms with Crippen molar-refractivity contribution in [3.63, 3.8) is 0 Å². The first kappa shape index (κ1) is 16.9. The molecule has 1 amide bonds. The predicted molar refractivity (Wildman–Crippen MR) is 93.6 cm³/mol. The van der Waals surface area contributed by atoms with E-state index >= 15 is 0 Å². The fraction of sp³-hybridized carbons (Fsp3) is 0.200. The Morgan fingerprint density at radius 2 is 1.88 bits per heavy atom. The molecule has 0 saturated heterocycles. The monoisotopic (exact) mass is 338 g/mol. The van der Waals surface area contributed by atoms with Gasteiger partial charge >= 0.3 is 0 Å². The van der Waals surface area contributed by atoms with E-state index in [-0.39, 0.29) is 23.5 Å². The highest BCUT2D eigenvalue weighted by Crippen LogP contribution is 2.23. The third-order valence-electron chi connectivity index (χ3n) is 3.98. The normalized spacial score (nSPS) is 11.9. The number of oxazole rings is 1. The summed E-state index contributed by atoms with van der Waals surface area (Å²) in [6.45, 7) is 1.96. The molecule has 0 radical (unpaired) electrons. The summed E-state index contributed by atoms with van der Waals surface area (Å²) < 4.78 is 18.4. The molecule has 0 saturated carbocycles. The highest BCUT2D eigenvalue weighted by atomic mass is 19.1. The minimum absolute atomic E-state index is 0.00882. The maximum absolute atomic E-state index is 13.1. The van der Waals surface area contributed by atoms with E-state index in [9.17, 15) is 9.18 Å². The van der Waals surface area contributed by atoms with Crippen LogP contribution in [0.4, 0.5) is 4.39 Å². The highest BCUT2D eigenvalue weighted by Gasteiger charge is 2.19. The van der Waals surface area contributed by atoms with Crippen molar-refractivity contribution in [2.24, 2.45) is 0 Å². The van der Waals surface area contributed by atoms with E-state index in [4.69, 9.17) is 4.42 Å². The Labute approximate surface area is 145 Å². The third kappa shape index (κ3) is 4.32. The van der Waals surface area contributed by atoms with E-state index in [1.807, 2.05) is 25.1 Å². The Bertz CT molecular complexity index is 828. The standard InChI is InChI=1S/C20H19FN2O2/c1-14(7-8-15-5-3-2-4-6-15)23-20(24)18-19(25-13-22-18)16-9-11-17(21)12-10-16/h2-6,9-14H,7-8H2,1H3,(H,23,24)/t14-/m1/s1. The molecule has 0 aliphatic carbocycles. The van der Waals surface area contributed by atoms with Crippen molar-refractivity contribution in [3.8, 4) is 11.3 Å². The van der Waals surface area contributed by atoms with Crippen molar-refractivity contribution in [1.29, 1.82) is 0 Å². The predicted octanol–water partition coefficient (Wildman–Crippen LogP) is 4.23. The van der Waals surface area contributed by atoms with Crippen LogP contribution >= 0.6 is 0 Å². The molecule has 1 atom stereocenters. The summed E-state index contributed by atoms with van der Waals surface area (Å²) in [6.07, 6.45) is 2.92. The van der Waals surface area contributed by atoms with E-state index in [1.165, 1.54) is 24.1 Å². The van der Waals surface area contributed by atoms with E-state index in [1.54, 1.807) is 12.1 Å². The number of benzene rings is 2. The Hall–Kier alpha value is -2.95. The number of nitrogens with zero attached hydrogens (tertiary/aromatic N) is 1. The number of nitrogens with one attached hydrogen (secondary N) is 1. The molecule has 0 unspecified atom stereocenters. The van der Waals surface area contributed by atoms with Gasteiger partial charge in [-0.15, -0.1) is 0 Å². The van der Waals surface area contributed by atoms with Crippen molar-refractivity contribution in [2.45, 2.75) is 25.8 Å². The van der Waals surface area contributed by atoms with Gasteiger partial charge in [-0.1, -0.05) is 30.3 Å². The molecule has 0 spiro atoms.